The summed E-state index contributed by atoms with van der Waals surface area (Å²) in [7, 11) is 6.84. The molecular formula is C20H19ClN2O4. The zero-order valence-corrected chi connectivity index (χ0v) is 16.2. The Balaban J connectivity index is 1.99. The van der Waals surface area contributed by atoms with Crippen LogP contribution in [0.2, 0.25) is 0 Å². The molecule has 0 saturated carbocycles. The van der Waals surface area contributed by atoms with Crippen LogP contribution in [-0.2, 0) is 9.59 Å². The van der Waals surface area contributed by atoms with Gasteiger partial charge in [0.2, 0.25) is 0 Å². The maximum Gasteiger partial charge on any atom is 0.277 e. The minimum Gasteiger partial charge on any atom is -0.493 e. The summed E-state index contributed by atoms with van der Waals surface area (Å²) < 4.78 is 10.5. The molecule has 0 unspecified atom stereocenters. The number of nitrogens with zero attached hydrogens (tertiary/aromatic N) is 2. The van der Waals surface area contributed by atoms with Gasteiger partial charge in [-0.2, -0.15) is 0 Å². The third-order valence-electron chi connectivity index (χ3n) is 4.32. The summed E-state index contributed by atoms with van der Waals surface area (Å²) in [5.74, 6) is -0.0641. The van der Waals surface area contributed by atoms with Gasteiger partial charge in [-0.3, -0.25) is 9.59 Å². The van der Waals surface area contributed by atoms with Crippen molar-refractivity contribution < 1.29 is 19.1 Å². The van der Waals surface area contributed by atoms with Gasteiger partial charge in [0.1, 0.15) is 5.03 Å². The Morgan fingerprint density at radius 1 is 0.889 bits per heavy atom. The number of rotatable bonds is 5. The van der Waals surface area contributed by atoms with E-state index in [2.05, 4.69) is 0 Å². The van der Waals surface area contributed by atoms with E-state index in [-0.39, 0.29) is 10.6 Å². The summed E-state index contributed by atoms with van der Waals surface area (Å²) in [6.07, 6.45) is 0. The van der Waals surface area contributed by atoms with E-state index in [1.165, 1.54) is 14.2 Å². The highest BCUT2D eigenvalue weighted by Crippen LogP contribution is 2.38. The van der Waals surface area contributed by atoms with Gasteiger partial charge in [0.05, 0.1) is 25.5 Å². The third kappa shape index (κ3) is 3.24. The van der Waals surface area contributed by atoms with Gasteiger partial charge in [0.15, 0.2) is 11.5 Å². The molecule has 3 rings (SSSR count). The molecule has 7 heteroatoms. The van der Waals surface area contributed by atoms with Gasteiger partial charge in [-0.25, -0.2) is 4.90 Å². The number of halogens is 1. The molecule has 0 aromatic heterocycles. The molecule has 0 saturated heterocycles. The predicted molar refractivity (Wildman–Crippen MR) is 106 cm³/mol. The number of imide groups is 1. The molecule has 0 fully saturated rings. The molecule has 0 aliphatic carbocycles. The summed E-state index contributed by atoms with van der Waals surface area (Å²) in [6, 6.07) is 12.1. The Morgan fingerprint density at radius 3 is 2.07 bits per heavy atom. The van der Waals surface area contributed by atoms with E-state index >= 15 is 0 Å². The first-order valence-electron chi connectivity index (χ1n) is 8.17. The van der Waals surface area contributed by atoms with Crippen LogP contribution in [0.1, 0.15) is 5.56 Å². The molecule has 2 aromatic rings. The largest absolute Gasteiger partial charge is 0.493 e. The fourth-order valence-corrected chi connectivity index (χ4v) is 3.15. The molecule has 140 valence electrons. The topological polar surface area (TPSA) is 59.1 Å². The zero-order valence-electron chi connectivity index (χ0n) is 15.4. The molecule has 0 atom stereocenters. The van der Waals surface area contributed by atoms with Gasteiger partial charge in [-0.05, 0) is 42.0 Å². The standard InChI is InChI=1S/C20H19ClN2O4/c1-22(2)13-6-8-14(9-7-13)23-19(24)17(18(21)20(23)25)12-5-10-15(26-3)16(11-12)27-4/h5-11H,1-4H3. The number of carbonyl (C=O) groups is 2. The highest BCUT2D eigenvalue weighted by molar-refractivity contribution is 6.60. The van der Waals surface area contributed by atoms with Crippen LogP contribution in [0, 0.1) is 0 Å². The minimum absolute atomic E-state index is 0.121. The molecule has 6 nitrogen and oxygen atoms in total. The first kappa shape index (κ1) is 18.8. The fourth-order valence-electron chi connectivity index (χ4n) is 2.88. The summed E-state index contributed by atoms with van der Waals surface area (Å²) in [5.41, 5.74) is 2.05. The van der Waals surface area contributed by atoms with Crippen LogP contribution in [0.25, 0.3) is 5.57 Å². The lowest BCUT2D eigenvalue weighted by Gasteiger charge is -2.17. The Labute approximate surface area is 162 Å². The van der Waals surface area contributed by atoms with E-state index in [4.69, 9.17) is 21.1 Å². The van der Waals surface area contributed by atoms with Crippen LogP contribution < -0.4 is 19.3 Å². The van der Waals surface area contributed by atoms with Gasteiger partial charge in [0.25, 0.3) is 11.8 Å². The molecular weight excluding hydrogens is 368 g/mol. The van der Waals surface area contributed by atoms with Crippen molar-refractivity contribution in [1.82, 2.24) is 0 Å². The minimum atomic E-state index is -0.552. The maximum atomic E-state index is 13.0. The van der Waals surface area contributed by atoms with E-state index < -0.39 is 11.8 Å². The van der Waals surface area contributed by atoms with E-state index in [0.717, 1.165) is 10.6 Å². The van der Waals surface area contributed by atoms with E-state index in [0.29, 0.717) is 22.7 Å². The van der Waals surface area contributed by atoms with Crippen molar-refractivity contribution in [1.29, 1.82) is 0 Å². The number of anilines is 2. The molecule has 1 aliphatic rings. The molecule has 0 bridgehead atoms. The molecule has 0 spiro atoms. The molecule has 27 heavy (non-hydrogen) atoms. The summed E-state index contributed by atoms with van der Waals surface area (Å²) in [6.45, 7) is 0. The quantitative estimate of drug-likeness (QED) is 0.738. The number of hydrogen-bond donors (Lipinski definition) is 0. The van der Waals surface area contributed by atoms with E-state index in [1.807, 2.05) is 31.1 Å². The number of methoxy groups -OCH3 is 2. The van der Waals surface area contributed by atoms with Crippen LogP contribution >= 0.6 is 11.6 Å². The van der Waals surface area contributed by atoms with Crippen molar-refractivity contribution in [3.8, 4) is 11.5 Å². The molecule has 2 aromatic carbocycles. The third-order valence-corrected chi connectivity index (χ3v) is 4.67. The van der Waals surface area contributed by atoms with Crippen molar-refractivity contribution in [2.24, 2.45) is 0 Å². The lowest BCUT2D eigenvalue weighted by Crippen LogP contribution is -2.31. The Morgan fingerprint density at radius 2 is 1.52 bits per heavy atom. The SMILES string of the molecule is COc1ccc(C2=C(Cl)C(=O)N(c3ccc(N(C)C)cc3)C2=O)cc1OC. The molecule has 1 aliphatic heterocycles. The zero-order chi connectivity index (χ0) is 19.7. The van der Waals surface area contributed by atoms with Crippen molar-refractivity contribution in [2.75, 3.05) is 38.1 Å². The number of amides is 2. The van der Waals surface area contributed by atoms with Crippen molar-refractivity contribution in [3.05, 3.63) is 53.1 Å². The second-order valence-electron chi connectivity index (χ2n) is 6.12. The van der Waals surface area contributed by atoms with Crippen LogP contribution in [0.15, 0.2) is 47.5 Å². The van der Waals surface area contributed by atoms with E-state index in [1.54, 1.807) is 30.3 Å². The lowest BCUT2D eigenvalue weighted by atomic mass is 10.1. The second kappa shape index (κ2) is 7.32. The Kier molecular flexibility index (Phi) is 5.10. The first-order valence-corrected chi connectivity index (χ1v) is 8.55. The number of carbonyl (C=O) groups excluding carboxylic acids is 2. The summed E-state index contributed by atoms with van der Waals surface area (Å²) in [5, 5.41) is -0.121. The second-order valence-corrected chi connectivity index (χ2v) is 6.49. The first-order chi connectivity index (χ1) is 12.9. The van der Waals surface area contributed by atoms with Crippen LogP contribution in [0.4, 0.5) is 11.4 Å². The van der Waals surface area contributed by atoms with E-state index in [9.17, 15) is 9.59 Å². The number of ether oxygens (including phenoxy) is 2. The normalized spacial score (nSPS) is 14.0. The average molecular weight is 387 g/mol. The lowest BCUT2D eigenvalue weighted by molar-refractivity contribution is -0.119. The van der Waals surface area contributed by atoms with Crippen molar-refractivity contribution in [3.63, 3.8) is 0 Å². The van der Waals surface area contributed by atoms with Crippen molar-refractivity contribution in [2.45, 2.75) is 0 Å². The molecule has 0 radical (unpaired) electrons. The summed E-state index contributed by atoms with van der Waals surface area (Å²) >= 11 is 6.24. The van der Waals surface area contributed by atoms with Crippen LogP contribution in [-0.4, -0.2) is 40.1 Å². The predicted octanol–water partition coefficient (Wildman–Crippen LogP) is 3.29. The van der Waals surface area contributed by atoms with Gasteiger partial charge >= 0.3 is 0 Å². The fraction of sp³-hybridized carbons (Fsp3) is 0.200. The number of hydrogen-bond acceptors (Lipinski definition) is 5. The maximum absolute atomic E-state index is 13.0. The molecule has 1 heterocycles. The number of benzene rings is 2. The van der Waals surface area contributed by atoms with Crippen LogP contribution in [0.3, 0.4) is 0 Å². The highest BCUT2D eigenvalue weighted by Gasteiger charge is 2.39. The average Bonchev–Trinajstić information content (AvgIpc) is 2.90. The highest BCUT2D eigenvalue weighted by atomic mass is 35.5. The molecule has 0 N–H and O–H groups in total. The van der Waals surface area contributed by atoms with Crippen LogP contribution in [0.5, 0.6) is 11.5 Å². The van der Waals surface area contributed by atoms with Gasteiger partial charge in [-0.15, -0.1) is 0 Å². The van der Waals surface area contributed by atoms with Gasteiger partial charge in [-0.1, -0.05) is 17.7 Å². The van der Waals surface area contributed by atoms with Crippen molar-refractivity contribution >= 4 is 40.4 Å². The van der Waals surface area contributed by atoms with Gasteiger partial charge < -0.3 is 14.4 Å². The Bertz CT molecular complexity index is 935. The monoisotopic (exact) mass is 386 g/mol. The Hall–Kier alpha value is -2.99. The smallest absolute Gasteiger partial charge is 0.277 e. The van der Waals surface area contributed by atoms with Gasteiger partial charge in [0, 0.05) is 19.8 Å². The summed E-state index contributed by atoms with van der Waals surface area (Å²) in [4.78, 5) is 28.6. The molecule has 2 amide bonds.